The maximum atomic E-state index is 14.0. The fraction of sp³-hybridized carbons (Fsp3) is 0.310. The number of hydrogen-bond donors (Lipinski definition) is 1. The molecule has 1 N–H and O–H groups in total. The molecule has 3 aromatic carbocycles. The van der Waals surface area contributed by atoms with Crippen LogP contribution in [0.2, 0.25) is 10.0 Å². The van der Waals surface area contributed by atoms with E-state index in [0.29, 0.717) is 6.54 Å². The summed E-state index contributed by atoms with van der Waals surface area (Å²) in [6.07, 6.45) is 2.00. The average Bonchev–Trinajstić information content (AvgIpc) is 2.88. The van der Waals surface area contributed by atoms with Gasteiger partial charge in [0.15, 0.2) is 0 Å². The first-order valence-electron chi connectivity index (χ1n) is 12.6. The van der Waals surface area contributed by atoms with Crippen molar-refractivity contribution in [1.29, 1.82) is 0 Å². The number of anilines is 1. The second-order valence-electron chi connectivity index (χ2n) is 9.40. The molecule has 0 spiro atoms. The monoisotopic (exact) mass is 589 g/mol. The van der Waals surface area contributed by atoms with Gasteiger partial charge in [-0.3, -0.25) is 13.9 Å². The summed E-state index contributed by atoms with van der Waals surface area (Å²) in [5.41, 5.74) is 2.90. The number of halogens is 2. The second kappa shape index (κ2) is 13.8. The zero-order valence-corrected chi connectivity index (χ0v) is 24.6. The van der Waals surface area contributed by atoms with E-state index in [1.54, 1.807) is 0 Å². The molecule has 1 atom stereocenters. The molecule has 0 unspecified atom stereocenters. The SMILES string of the molecule is CCCNC(=O)[C@@H](Cc1ccccc1)N(Cc1ccc(C)cc1)C(=O)CN(c1cc(Cl)cc(Cl)c1)S(C)(=O)=O. The summed E-state index contributed by atoms with van der Waals surface area (Å²) < 4.78 is 26.6. The smallest absolute Gasteiger partial charge is 0.244 e. The van der Waals surface area contributed by atoms with Crippen molar-refractivity contribution in [1.82, 2.24) is 10.2 Å². The van der Waals surface area contributed by atoms with Gasteiger partial charge in [0, 0.05) is 29.6 Å². The van der Waals surface area contributed by atoms with Crippen molar-refractivity contribution < 1.29 is 18.0 Å². The van der Waals surface area contributed by atoms with E-state index in [9.17, 15) is 18.0 Å². The molecule has 0 heterocycles. The van der Waals surface area contributed by atoms with Crippen molar-refractivity contribution in [3.05, 3.63) is 99.5 Å². The van der Waals surface area contributed by atoms with Gasteiger partial charge in [0.1, 0.15) is 12.6 Å². The highest BCUT2D eigenvalue weighted by molar-refractivity contribution is 7.92. The predicted octanol–water partition coefficient (Wildman–Crippen LogP) is 5.23. The summed E-state index contributed by atoms with van der Waals surface area (Å²) in [6, 6.07) is 20.5. The molecule has 0 aliphatic heterocycles. The third-order valence-electron chi connectivity index (χ3n) is 6.11. The van der Waals surface area contributed by atoms with Crippen LogP contribution < -0.4 is 9.62 Å². The van der Waals surface area contributed by atoms with Crippen LogP contribution in [0, 0.1) is 6.92 Å². The van der Waals surface area contributed by atoms with E-state index in [-0.39, 0.29) is 34.6 Å². The van der Waals surface area contributed by atoms with Crippen LogP contribution in [-0.2, 0) is 32.6 Å². The van der Waals surface area contributed by atoms with Gasteiger partial charge < -0.3 is 10.2 Å². The Bertz CT molecular complexity index is 1360. The van der Waals surface area contributed by atoms with Crippen LogP contribution in [0.25, 0.3) is 0 Å². The fourth-order valence-corrected chi connectivity index (χ4v) is 5.45. The standard InChI is InChI=1S/C29H33Cl2N3O4S/c1-4-14-32-29(36)27(15-22-8-6-5-7-9-22)33(19-23-12-10-21(2)11-13-23)28(35)20-34(39(3,37)38)26-17-24(30)16-25(31)18-26/h5-13,16-18,27H,4,14-15,19-20H2,1-3H3,(H,32,36)/t27-/m1/s1. The van der Waals surface area contributed by atoms with E-state index in [1.165, 1.54) is 23.1 Å². The van der Waals surface area contributed by atoms with E-state index in [2.05, 4.69) is 5.32 Å². The lowest BCUT2D eigenvalue weighted by Gasteiger charge is -2.33. The quantitative estimate of drug-likeness (QED) is 0.313. The molecule has 0 aliphatic rings. The molecule has 0 saturated carbocycles. The summed E-state index contributed by atoms with van der Waals surface area (Å²) in [6.45, 7) is 3.94. The minimum atomic E-state index is -3.91. The molecule has 0 fully saturated rings. The van der Waals surface area contributed by atoms with Crippen molar-refractivity contribution in [2.45, 2.75) is 39.3 Å². The summed E-state index contributed by atoms with van der Waals surface area (Å²) >= 11 is 12.3. The lowest BCUT2D eigenvalue weighted by molar-refractivity contribution is -0.140. The number of rotatable bonds is 12. The minimum absolute atomic E-state index is 0.115. The molecule has 0 radical (unpaired) electrons. The van der Waals surface area contributed by atoms with Crippen LogP contribution in [0.1, 0.15) is 30.0 Å². The molecule has 3 rings (SSSR count). The van der Waals surface area contributed by atoms with Crippen LogP contribution in [0.3, 0.4) is 0 Å². The Labute approximate surface area is 240 Å². The third kappa shape index (κ3) is 8.98. The fourth-order valence-electron chi connectivity index (χ4n) is 4.11. The van der Waals surface area contributed by atoms with Gasteiger partial charge >= 0.3 is 0 Å². The Balaban J connectivity index is 2.05. The minimum Gasteiger partial charge on any atom is -0.354 e. The third-order valence-corrected chi connectivity index (χ3v) is 7.69. The Hall–Kier alpha value is -3.07. The molecular weight excluding hydrogens is 557 g/mol. The number of benzene rings is 3. The molecule has 7 nitrogen and oxygen atoms in total. The van der Waals surface area contributed by atoms with E-state index < -0.39 is 28.5 Å². The Morgan fingerprint density at radius 2 is 1.54 bits per heavy atom. The van der Waals surface area contributed by atoms with Crippen LogP contribution >= 0.6 is 23.2 Å². The number of carbonyl (C=O) groups excluding carboxylic acids is 2. The van der Waals surface area contributed by atoms with Crippen molar-refractivity contribution in [2.75, 3.05) is 23.7 Å². The van der Waals surface area contributed by atoms with Gasteiger partial charge in [-0.2, -0.15) is 0 Å². The molecule has 10 heteroatoms. The second-order valence-corrected chi connectivity index (χ2v) is 12.2. The van der Waals surface area contributed by atoms with Gasteiger partial charge in [-0.15, -0.1) is 0 Å². The van der Waals surface area contributed by atoms with Crippen LogP contribution in [0.5, 0.6) is 0 Å². The van der Waals surface area contributed by atoms with E-state index in [1.807, 2.05) is 68.4 Å². The van der Waals surface area contributed by atoms with Crippen molar-refractivity contribution in [2.24, 2.45) is 0 Å². The highest BCUT2D eigenvalue weighted by atomic mass is 35.5. The molecule has 2 amide bonds. The van der Waals surface area contributed by atoms with Crippen LogP contribution in [-0.4, -0.2) is 50.5 Å². The molecule has 0 bridgehead atoms. The van der Waals surface area contributed by atoms with E-state index >= 15 is 0 Å². The van der Waals surface area contributed by atoms with Gasteiger partial charge in [0.25, 0.3) is 0 Å². The zero-order valence-electron chi connectivity index (χ0n) is 22.2. The topological polar surface area (TPSA) is 86.8 Å². The van der Waals surface area contributed by atoms with E-state index in [4.69, 9.17) is 23.2 Å². The molecule has 0 aliphatic carbocycles. The number of sulfonamides is 1. The van der Waals surface area contributed by atoms with Crippen molar-refractivity contribution in [3.63, 3.8) is 0 Å². The Morgan fingerprint density at radius 1 is 0.923 bits per heavy atom. The lowest BCUT2D eigenvalue weighted by atomic mass is 10.0. The van der Waals surface area contributed by atoms with Gasteiger partial charge in [-0.05, 0) is 42.7 Å². The van der Waals surface area contributed by atoms with Gasteiger partial charge in [-0.25, -0.2) is 8.42 Å². The lowest BCUT2D eigenvalue weighted by Crippen LogP contribution is -2.53. The summed E-state index contributed by atoms with van der Waals surface area (Å²) in [4.78, 5) is 28.9. The van der Waals surface area contributed by atoms with Crippen molar-refractivity contribution in [3.8, 4) is 0 Å². The maximum Gasteiger partial charge on any atom is 0.244 e. The molecule has 0 saturated heterocycles. The van der Waals surface area contributed by atoms with Gasteiger partial charge in [0.2, 0.25) is 21.8 Å². The maximum absolute atomic E-state index is 14.0. The average molecular weight is 591 g/mol. The summed E-state index contributed by atoms with van der Waals surface area (Å²) in [5, 5.41) is 3.38. The first-order chi connectivity index (χ1) is 18.5. The predicted molar refractivity (Wildman–Crippen MR) is 158 cm³/mol. The summed E-state index contributed by atoms with van der Waals surface area (Å²) in [5.74, 6) is -0.845. The number of carbonyl (C=O) groups is 2. The first-order valence-corrected chi connectivity index (χ1v) is 15.2. The highest BCUT2D eigenvalue weighted by Gasteiger charge is 2.33. The molecular formula is C29H33Cl2N3O4S. The highest BCUT2D eigenvalue weighted by Crippen LogP contribution is 2.27. The Morgan fingerprint density at radius 3 is 2.10 bits per heavy atom. The van der Waals surface area contributed by atoms with Crippen LogP contribution in [0.4, 0.5) is 5.69 Å². The largest absolute Gasteiger partial charge is 0.354 e. The van der Waals surface area contributed by atoms with Gasteiger partial charge in [-0.1, -0.05) is 90.3 Å². The molecule has 0 aromatic heterocycles. The van der Waals surface area contributed by atoms with Crippen LogP contribution in [0.15, 0.2) is 72.8 Å². The zero-order chi connectivity index (χ0) is 28.6. The van der Waals surface area contributed by atoms with Gasteiger partial charge in [0.05, 0.1) is 11.9 Å². The van der Waals surface area contributed by atoms with E-state index in [0.717, 1.165) is 33.7 Å². The number of hydrogen-bond acceptors (Lipinski definition) is 4. The first kappa shape index (κ1) is 30.5. The molecule has 39 heavy (non-hydrogen) atoms. The molecule has 208 valence electrons. The van der Waals surface area contributed by atoms with Crippen molar-refractivity contribution >= 4 is 50.7 Å². The number of nitrogens with zero attached hydrogens (tertiary/aromatic N) is 2. The normalized spacial score (nSPS) is 12.0. The molecule has 3 aromatic rings. The number of aryl methyl sites for hydroxylation is 1. The number of amides is 2. The number of nitrogens with one attached hydrogen (secondary N) is 1. The Kier molecular flexibility index (Phi) is 10.8. The summed E-state index contributed by atoms with van der Waals surface area (Å²) in [7, 11) is -3.91.